The second-order valence-corrected chi connectivity index (χ2v) is 9.77. The Hall–Kier alpha value is -3.08. The third-order valence-corrected chi connectivity index (χ3v) is 7.92. The van der Waals surface area contributed by atoms with Crippen molar-refractivity contribution in [2.45, 2.75) is 23.9 Å². The van der Waals surface area contributed by atoms with Gasteiger partial charge in [0.05, 0.1) is 30.3 Å². The molecule has 1 N–H and O–H groups in total. The second-order valence-electron chi connectivity index (χ2n) is 8.31. The number of ether oxygens (including phenoxy) is 2. The lowest BCUT2D eigenvalue weighted by atomic mass is 10.0. The molecule has 2 aromatic carbocycles. The van der Waals surface area contributed by atoms with Gasteiger partial charge in [-0.3, -0.25) is 4.79 Å². The quantitative estimate of drug-likeness (QED) is 0.633. The zero-order chi connectivity index (χ0) is 25.2. The summed E-state index contributed by atoms with van der Waals surface area (Å²) in [6, 6.07) is 9.17. The fourth-order valence-corrected chi connectivity index (χ4v) is 5.88. The Labute approximate surface area is 205 Å². The lowest BCUT2D eigenvalue weighted by Crippen LogP contribution is -2.54. The third kappa shape index (κ3) is 5.14. The first-order chi connectivity index (χ1) is 16.7. The summed E-state index contributed by atoms with van der Waals surface area (Å²) >= 11 is 1.66. The van der Waals surface area contributed by atoms with Crippen LogP contribution >= 0.6 is 11.8 Å². The molecule has 188 valence electrons. The Kier molecular flexibility index (Phi) is 7.07. The molecule has 7 nitrogen and oxygen atoms in total. The number of alkyl halides is 3. The SMILES string of the molecule is COc1ccc(NC(=O)N2CCC3(CC2)SCCN3C(=O)c2ccc(C(F)(F)F)cc2)c(OC)c1. The van der Waals surface area contributed by atoms with Gasteiger partial charge in [-0.15, -0.1) is 11.8 Å². The van der Waals surface area contributed by atoms with E-state index >= 15 is 0 Å². The van der Waals surface area contributed by atoms with Crippen LogP contribution in [0.4, 0.5) is 23.7 Å². The summed E-state index contributed by atoms with van der Waals surface area (Å²) in [6.07, 6.45) is -3.32. The van der Waals surface area contributed by atoms with E-state index in [-0.39, 0.29) is 17.5 Å². The molecule has 1 spiro atoms. The van der Waals surface area contributed by atoms with E-state index in [1.165, 1.54) is 19.2 Å². The second kappa shape index (κ2) is 9.88. The first-order valence-corrected chi connectivity index (χ1v) is 12.1. The lowest BCUT2D eigenvalue weighted by molar-refractivity contribution is -0.137. The van der Waals surface area contributed by atoms with Crippen molar-refractivity contribution in [3.63, 3.8) is 0 Å². The lowest BCUT2D eigenvalue weighted by Gasteiger charge is -2.44. The molecule has 0 unspecified atom stereocenters. The number of hydrogen-bond acceptors (Lipinski definition) is 5. The van der Waals surface area contributed by atoms with E-state index in [4.69, 9.17) is 9.47 Å². The number of carbonyl (C=O) groups excluding carboxylic acids is 2. The van der Waals surface area contributed by atoms with E-state index in [9.17, 15) is 22.8 Å². The molecule has 2 aromatic rings. The number of urea groups is 1. The summed E-state index contributed by atoms with van der Waals surface area (Å²) in [5.41, 5.74) is -0.0352. The minimum atomic E-state index is -4.45. The number of nitrogens with one attached hydrogen (secondary N) is 1. The number of methoxy groups -OCH3 is 2. The van der Waals surface area contributed by atoms with Crippen LogP contribution in [-0.4, -0.2) is 66.2 Å². The van der Waals surface area contributed by atoms with Gasteiger partial charge in [-0.1, -0.05) is 0 Å². The molecule has 2 aliphatic rings. The maximum Gasteiger partial charge on any atom is 0.416 e. The van der Waals surface area contributed by atoms with Crippen molar-refractivity contribution in [2.24, 2.45) is 0 Å². The van der Waals surface area contributed by atoms with Crippen LogP contribution in [-0.2, 0) is 6.18 Å². The molecule has 2 saturated heterocycles. The number of amides is 3. The highest BCUT2D eigenvalue weighted by Crippen LogP contribution is 2.45. The van der Waals surface area contributed by atoms with E-state index in [1.807, 2.05) is 0 Å². The molecule has 35 heavy (non-hydrogen) atoms. The smallest absolute Gasteiger partial charge is 0.416 e. The van der Waals surface area contributed by atoms with Crippen molar-refractivity contribution in [1.82, 2.24) is 9.80 Å². The molecule has 2 fully saturated rings. The normalized spacial score (nSPS) is 17.4. The average Bonchev–Trinajstić information content (AvgIpc) is 3.26. The van der Waals surface area contributed by atoms with Crippen LogP contribution in [0.2, 0.25) is 0 Å². The number of nitrogens with zero attached hydrogens (tertiary/aromatic N) is 2. The van der Waals surface area contributed by atoms with Crippen LogP contribution in [0.1, 0.15) is 28.8 Å². The Morgan fingerprint density at radius 2 is 1.69 bits per heavy atom. The van der Waals surface area contributed by atoms with Crippen molar-refractivity contribution in [3.8, 4) is 11.5 Å². The van der Waals surface area contributed by atoms with Crippen LogP contribution < -0.4 is 14.8 Å². The van der Waals surface area contributed by atoms with Gasteiger partial charge >= 0.3 is 12.2 Å². The summed E-state index contributed by atoms with van der Waals surface area (Å²) in [6.45, 7) is 1.39. The number of thioether (sulfide) groups is 1. The maximum atomic E-state index is 13.2. The zero-order valence-corrected chi connectivity index (χ0v) is 20.2. The summed E-state index contributed by atoms with van der Waals surface area (Å²) in [7, 11) is 3.05. The highest BCUT2D eigenvalue weighted by atomic mass is 32.2. The zero-order valence-electron chi connectivity index (χ0n) is 19.4. The minimum Gasteiger partial charge on any atom is -0.497 e. The van der Waals surface area contributed by atoms with Crippen molar-refractivity contribution in [3.05, 3.63) is 53.6 Å². The molecule has 4 rings (SSSR count). The molecule has 0 atom stereocenters. The molecule has 2 aliphatic heterocycles. The average molecular weight is 510 g/mol. The van der Waals surface area contributed by atoms with Crippen molar-refractivity contribution >= 4 is 29.4 Å². The number of hydrogen-bond donors (Lipinski definition) is 1. The van der Waals surface area contributed by atoms with Crippen molar-refractivity contribution < 1.29 is 32.2 Å². The Bertz CT molecular complexity index is 1090. The number of benzene rings is 2. The minimum absolute atomic E-state index is 0.228. The molecular formula is C24H26F3N3O4S. The highest BCUT2D eigenvalue weighted by Gasteiger charge is 2.47. The van der Waals surface area contributed by atoms with E-state index in [0.29, 0.717) is 49.7 Å². The molecule has 11 heteroatoms. The number of piperidine rings is 1. The monoisotopic (exact) mass is 509 g/mol. The van der Waals surface area contributed by atoms with Gasteiger partial charge in [0.25, 0.3) is 5.91 Å². The first kappa shape index (κ1) is 25.0. The highest BCUT2D eigenvalue weighted by molar-refractivity contribution is 8.00. The van der Waals surface area contributed by atoms with Crippen LogP contribution in [0.5, 0.6) is 11.5 Å². The standard InChI is InChI=1S/C24H26F3N3O4S/c1-33-18-7-8-19(20(15-18)34-2)28-22(32)29-11-9-23(10-12-29)30(13-14-35-23)21(31)16-3-5-17(6-4-16)24(25,26)27/h3-8,15H,9-14H2,1-2H3,(H,28,32). The van der Waals surface area contributed by atoms with Gasteiger partial charge in [0.1, 0.15) is 11.5 Å². The van der Waals surface area contributed by atoms with E-state index < -0.39 is 16.6 Å². The Morgan fingerprint density at radius 1 is 1.00 bits per heavy atom. The predicted molar refractivity (Wildman–Crippen MR) is 127 cm³/mol. The third-order valence-electron chi connectivity index (χ3n) is 6.36. The van der Waals surface area contributed by atoms with Crippen LogP contribution in [0.25, 0.3) is 0 Å². The van der Waals surface area contributed by atoms with Gasteiger partial charge in [-0.05, 0) is 49.2 Å². The Balaban J connectivity index is 1.41. The summed E-state index contributed by atoms with van der Waals surface area (Å²) in [5, 5.41) is 2.87. The van der Waals surface area contributed by atoms with Gasteiger partial charge < -0.3 is 24.6 Å². The van der Waals surface area contributed by atoms with Gasteiger partial charge in [0.2, 0.25) is 0 Å². The molecular weight excluding hydrogens is 483 g/mol. The van der Waals surface area contributed by atoms with Crippen LogP contribution in [0.15, 0.2) is 42.5 Å². The molecule has 2 heterocycles. The van der Waals surface area contributed by atoms with E-state index in [0.717, 1.165) is 17.9 Å². The summed E-state index contributed by atoms with van der Waals surface area (Å²) in [4.78, 5) is 29.0. The van der Waals surface area contributed by atoms with Crippen molar-refractivity contribution in [1.29, 1.82) is 0 Å². The Morgan fingerprint density at radius 3 is 2.29 bits per heavy atom. The van der Waals surface area contributed by atoms with Gasteiger partial charge in [-0.2, -0.15) is 13.2 Å². The molecule has 0 saturated carbocycles. The van der Waals surface area contributed by atoms with Gasteiger partial charge in [0, 0.05) is 37.0 Å². The summed E-state index contributed by atoms with van der Waals surface area (Å²) in [5.74, 6) is 1.54. The van der Waals surface area contributed by atoms with E-state index in [2.05, 4.69) is 5.32 Å². The largest absolute Gasteiger partial charge is 0.497 e. The van der Waals surface area contributed by atoms with Crippen LogP contribution in [0, 0.1) is 0 Å². The fraction of sp³-hybridized carbons (Fsp3) is 0.417. The molecule has 0 bridgehead atoms. The summed E-state index contributed by atoms with van der Waals surface area (Å²) < 4.78 is 49.1. The topological polar surface area (TPSA) is 71.1 Å². The van der Waals surface area contributed by atoms with Crippen molar-refractivity contribution in [2.75, 3.05) is 44.9 Å². The predicted octanol–water partition coefficient (Wildman–Crippen LogP) is 4.94. The number of likely N-dealkylation sites (tertiary alicyclic amines) is 1. The van der Waals surface area contributed by atoms with E-state index in [1.54, 1.807) is 46.9 Å². The molecule has 0 aliphatic carbocycles. The molecule has 3 amide bonds. The van der Waals surface area contributed by atoms with Crippen LogP contribution in [0.3, 0.4) is 0 Å². The maximum absolute atomic E-state index is 13.2. The number of halogens is 3. The van der Waals surface area contributed by atoms with Gasteiger partial charge in [-0.25, -0.2) is 4.79 Å². The fourth-order valence-electron chi connectivity index (χ4n) is 4.42. The number of anilines is 1. The first-order valence-electron chi connectivity index (χ1n) is 11.1. The van der Waals surface area contributed by atoms with Gasteiger partial charge in [0.15, 0.2) is 0 Å². The molecule has 0 radical (unpaired) electrons. The molecule has 0 aromatic heterocycles. The number of carbonyl (C=O) groups is 2. The number of rotatable bonds is 4.